The average molecular weight is 270 g/mol. The lowest BCUT2D eigenvalue weighted by Crippen LogP contribution is -2.47. The summed E-state index contributed by atoms with van der Waals surface area (Å²) < 4.78 is 0. The second-order valence-electron chi connectivity index (χ2n) is 4.34. The van der Waals surface area contributed by atoms with E-state index in [1.807, 2.05) is 0 Å². The third-order valence-electron chi connectivity index (χ3n) is 2.50. The van der Waals surface area contributed by atoms with Gasteiger partial charge in [0.05, 0.1) is 10.6 Å². The number of anilines is 1. The molecule has 0 bridgehead atoms. The zero-order valence-electron chi connectivity index (χ0n) is 10.2. The molecule has 0 aliphatic carbocycles. The van der Waals surface area contributed by atoms with Gasteiger partial charge in [0, 0.05) is 5.69 Å². The van der Waals surface area contributed by atoms with Gasteiger partial charge in [-0.1, -0.05) is 25.4 Å². The Bertz CT molecular complexity index is 474. The van der Waals surface area contributed by atoms with Gasteiger partial charge in [-0.25, -0.2) is 0 Å². The smallest absolute Gasteiger partial charge is 0.253 e. The highest BCUT2D eigenvalue weighted by molar-refractivity contribution is 6.34. The summed E-state index contributed by atoms with van der Waals surface area (Å²) in [4.78, 5) is 23.2. The number of hydrogen-bond acceptors (Lipinski definition) is 3. The predicted molar refractivity (Wildman–Crippen MR) is 71.2 cm³/mol. The Labute approximate surface area is 110 Å². The molecule has 1 aromatic carbocycles. The van der Waals surface area contributed by atoms with Crippen LogP contribution in [0.25, 0.3) is 0 Å². The number of benzene rings is 1. The second-order valence-corrected chi connectivity index (χ2v) is 4.74. The normalized spacial score (nSPS) is 12.2. The molecule has 5 N–H and O–H groups in total. The molecule has 1 aromatic rings. The van der Waals surface area contributed by atoms with Crippen molar-refractivity contribution in [2.75, 3.05) is 5.73 Å². The zero-order valence-corrected chi connectivity index (χ0v) is 11.0. The van der Waals surface area contributed by atoms with Crippen molar-refractivity contribution in [1.29, 1.82) is 0 Å². The molecule has 1 unspecified atom stereocenters. The number of halogens is 1. The lowest BCUT2D eigenvalue weighted by Gasteiger charge is -2.19. The Morgan fingerprint density at radius 2 is 1.94 bits per heavy atom. The summed E-state index contributed by atoms with van der Waals surface area (Å²) in [5.74, 6) is -1.12. The minimum Gasteiger partial charge on any atom is -0.399 e. The van der Waals surface area contributed by atoms with Gasteiger partial charge in [0.15, 0.2) is 0 Å². The third kappa shape index (κ3) is 3.37. The van der Waals surface area contributed by atoms with E-state index < -0.39 is 17.9 Å². The van der Waals surface area contributed by atoms with Crippen molar-refractivity contribution in [2.45, 2.75) is 19.9 Å². The molecule has 1 rings (SSSR count). The predicted octanol–water partition coefficient (Wildman–Crippen LogP) is 1.16. The minimum absolute atomic E-state index is 0.0981. The summed E-state index contributed by atoms with van der Waals surface area (Å²) in [7, 11) is 0. The molecule has 18 heavy (non-hydrogen) atoms. The summed E-state index contributed by atoms with van der Waals surface area (Å²) >= 11 is 5.91. The van der Waals surface area contributed by atoms with Crippen LogP contribution in [0.4, 0.5) is 5.69 Å². The van der Waals surface area contributed by atoms with E-state index in [0.717, 1.165) is 0 Å². The van der Waals surface area contributed by atoms with E-state index in [-0.39, 0.29) is 16.5 Å². The summed E-state index contributed by atoms with van der Waals surface area (Å²) in [6.07, 6.45) is 0. The van der Waals surface area contributed by atoms with Crippen molar-refractivity contribution in [3.05, 3.63) is 28.8 Å². The van der Waals surface area contributed by atoms with Gasteiger partial charge < -0.3 is 16.8 Å². The molecule has 0 fully saturated rings. The summed E-state index contributed by atoms with van der Waals surface area (Å²) in [5.41, 5.74) is 11.5. The maximum absolute atomic E-state index is 12.0. The van der Waals surface area contributed by atoms with Gasteiger partial charge in [0.25, 0.3) is 5.91 Å². The Morgan fingerprint density at radius 1 is 1.33 bits per heavy atom. The number of amides is 2. The van der Waals surface area contributed by atoms with E-state index in [9.17, 15) is 9.59 Å². The molecule has 0 aliphatic rings. The van der Waals surface area contributed by atoms with E-state index in [1.165, 1.54) is 12.1 Å². The molecule has 2 amide bonds. The molecule has 98 valence electrons. The molecule has 5 nitrogen and oxygen atoms in total. The fourth-order valence-corrected chi connectivity index (χ4v) is 1.78. The molecule has 0 aromatic heterocycles. The molecule has 0 spiro atoms. The standard InChI is InChI=1S/C12H16ClN3O2/c1-6(2)10(11(15)17)16-12(18)8-4-3-7(14)5-9(8)13/h3-6,10H,14H2,1-2H3,(H2,15,17)(H,16,18). The average Bonchev–Trinajstić information content (AvgIpc) is 2.24. The van der Waals surface area contributed by atoms with E-state index in [1.54, 1.807) is 19.9 Å². The fourth-order valence-electron chi connectivity index (χ4n) is 1.50. The number of carbonyl (C=O) groups is 2. The molecule has 0 saturated heterocycles. The van der Waals surface area contributed by atoms with Gasteiger partial charge in [0.2, 0.25) is 5.91 Å². The molecule has 0 heterocycles. The summed E-state index contributed by atoms with van der Waals surface area (Å²) in [6.45, 7) is 3.58. The molecule has 0 aliphatic heterocycles. The van der Waals surface area contributed by atoms with Crippen molar-refractivity contribution in [1.82, 2.24) is 5.32 Å². The maximum Gasteiger partial charge on any atom is 0.253 e. The van der Waals surface area contributed by atoms with Gasteiger partial charge in [-0.05, 0) is 24.1 Å². The van der Waals surface area contributed by atoms with Crippen molar-refractivity contribution in [3.8, 4) is 0 Å². The van der Waals surface area contributed by atoms with Crippen LogP contribution in [0.15, 0.2) is 18.2 Å². The first kappa shape index (κ1) is 14.3. The van der Waals surface area contributed by atoms with Crippen molar-refractivity contribution < 1.29 is 9.59 Å². The number of nitrogens with two attached hydrogens (primary N) is 2. The number of carbonyl (C=O) groups excluding carboxylic acids is 2. The van der Waals surface area contributed by atoms with Crippen molar-refractivity contribution >= 4 is 29.1 Å². The summed E-state index contributed by atoms with van der Waals surface area (Å²) in [6, 6.07) is 3.82. The first-order chi connectivity index (χ1) is 8.32. The second kappa shape index (κ2) is 5.73. The number of nitrogen functional groups attached to an aromatic ring is 1. The topological polar surface area (TPSA) is 98.2 Å². The van der Waals surface area contributed by atoms with Gasteiger partial charge in [-0.2, -0.15) is 0 Å². The molecule has 0 saturated carbocycles. The lowest BCUT2D eigenvalue weighted by molar-refractivity contribution is -0.120. The Hall–Kier alpha value is -1.75. The van der Waals surface area contributed by atoms with Gasteiger partial charge >= 0.3 is 0 Å². The Morgan fingerprint density at radius 3 is 2.39 bits per heavy atom. The zero-order chi connectivity index (χ0) is 13.9. The molecular weight excluding hydrogens is 254 g/mol. The fraction of sp³-hybridized carbons (Fsp3) is 0.333. The number of hydrogen-bond donors (Lipinski definition) is 3. The van der Waals surface area contributed by atoms with Crippen LogP contribution in [0, 0.1) is 5.92 Å². The van der Waals surface area contributed by atoms with Crippen LogP contribution in [-0.4, -0.2) is 17.9 Å². The SMILES string of the molecule is CC(C)C(NC(=O)c1ccc(N)cc1Cl)C(N)=O. The molecule has 1 atom stereocenters. The van der Waals surface area contributed by atoms with Crippen LogP contribution in [-0.2, 0) is 4.79 Å². The first-order valence-electron chi connectivity index (χ1n) is 5.48. The van der Waals surface area contributed by atoms with Gasteiger partial charge in [-0.15, -0.1) is 0 Å². The lowest BCUT2D eigenvalue weighted by atomic mass is 10.0. The monoisotopic (exact) mass is 269 g/mol. The van der Waals surface area contributed by atoms with Gasteiger partial charge in [-0.3, -0.25) is 9.59 Å². The molecule has 6 heteroatoms. The highest BCUT2D eigenvalue weighted by Gasteiger charge is 2.23. The van der Waals surface area contributed by atoms with E-state index in [4.69, 9.17) is 23.1 Å². The largest absolute Gasteiger partial charge is 0.399 e. The van der Waals surface area contributed by atoms with Crippen LogP contribution in [0.5, 0.6) is 0 Å². The number of primary amides is 1. The van der Waals surface area contributed by atoms with E-state index >= 15 is 0 Å². The van der Waals surface area contributed by atoms with Crippen LogP contribution in [0.3, 0.4) is 0 Å². The van der Waals surface area contributed by atoms with Crippen LogP contribution < -0.4 is 16.8 Å². The number of nitrogens with one attached hydrogen (secondary N) is 1. The van der Waals surface area contributed by atoms with Crippen LogP contribution >= 0.6 is 11.6 Å². The molecular formula is C12H16ClN3O2. The first-order valence-corrected chi connectivity index (χ1v) is 5.86. The highest BCUT2D eigenvalue weighted by atomic mass is 35.5. The van der Waals surface area contributed by atoms with Crippen molar-refractivity contribution in [2.24, 2.45) is 11.7 Å². The highest BCUT2D eigenvalue weighted by Crippen LogP contribution is 2.19. The molecule has 0 radical (unpaired) electrons. The van der Waals surface area contributed by atoms with Crippen molar-refractivity contribution in [3.63, 3.8) is 0 Å². The number of rotatable bonds is 4. The van der Waals surface area contributed by atoms with E-state index in [0.29, 0.717) is 5.69 Å². The van der Waals surface area contributed by atoms with E-state index in [2.05, 4.69) is 5.32 Å². The minimum atomic E-state index is -0.730. The maximum atomic E-state index is 12.0. The summed E-state index contributed by atoms with van der Waals surface area (Å²) in [5, 5.41) is 2.79. The Balaban J connectivity index is 2.91. The van der Waals surface area contributed by atoms with Crippen LogP contribution in [0.2, 0.25) is 5.02 Å². The Kier molecular flexibility index (Phi) is 4.55. The van der Waals surface area contributed by atoms with Crippen LogP contribution in [0.1, 0.15) is 24.2 Å². The third-order valence-corrected chi connectivity index (χ3v) is 2.81. The quantitative estimate of drug-likeness (QED) is 0.716. The van der Waals surface area contributed by atoms with Gasteiger partial charge in [0.1, 0.15) is 6.04 Å².